The number of ether oxygens (including phenoxy) is 2. The van der Waals surface area contributed by atoms with Crippen molar-refractivity contribution in [3.8, 4) is 0 Å². The summed E-state index contributed by atoms with van der Waals surface area (Å²) in [4.78, 5) is 28.1. The van der Waals surface area contributed by atoms with Gasteiger partial charge in [0, 0.05) is 26.7 Å². The largest absolute Gasteiger partial charge is 0.444 e. The van der Waals surface area contributed by atoms with Gasteiger partial charge in [-0.25, -0.2) is 4.79 Å². The smallest absolute Gasteiger partial charge is 0.410 e. The summed E-state index contributed by atoms with van der Waals surface area (Å²) in [6.45, 7) is 9.99. The first-order valence-electron chi connectivity index (χ1n) is 8.47. The number of rotatable bonds is 5. The maximum absolute atomic E-state index is 12.5. The molecule has 0 aromatic rings. The van der Waals surface area contributed by atoms with E-state index in [9.17, 15) is 9.59 Å². The van der Waals surface area contributed by atoms with Crippen LogP contribution in [0.4, 0.5) is 4.79 Å². The minimum Gasteiger partial charge on any atom is -0.444 e. The summed E-state index contributed by atoms with van der Waals surface area (Å²) in [5.74, 6) is 0.643. The highest BCUT2D eigenvalue weighted by molar-refractivity contribution is 5.82. The van der Waals surface area contributed by atoms with Crippen LogP contribution in [0.1, 0.15) is 47.0 Å². The molecule has 6 nitrogen and oxygen atoms in total. The maximum Gasteiger partial charge on any atom is 0.410 e. The summed E-state index contributed by atoms with van der Waals surface area (Å²) < 4.78 is 10.4. The number of amides is 2. The molecule has 0 saturated carbocycles. The molecule has 1 aliphatic rings. The molecule has 1 rings (SSSR count). The lowest BCUT2D eigenvalue weighted by Crippen LogP contribution is -2.46. The number of carbonyl (C=O) groups excluding carboxylic acids is 2. The summed E-state index contributed by atoms with van der Waals surface area (Å²) in [6, 6.07) is 0. The minimum atomic E-state index is -0.580. The van der Waals surface area contributed by atoms with Crippen molar-refractivity contribution in [3.63, 3.8) is 0 Å². The SMILES string of the molecule is COCCN(CC(=O)N1CCCC(C)CC1)C(=O)OC(C)(C)C. The average Bonchev–Trinajstić information content (AvgIpc) is 2.66. The van der Waals surface area contributed by atoms with Gasteiger partial charge < -0.3 is 14.4 Å². The second kappa shape index (κ2) is 9.11. The second-order valence-corrected chi connectivity index (χ2v) is 7.31. The van der Waals surface area contributed by atoms with Crippen molar-refractivity contribution < 1.29 is 19.1 Å². The van der Waals surface area contributed by atoms with Gasteiger partial charge in [-0.15, -0.1) is 0 Å². The molecule has 6 heteroatoms. The quantitative estimate of drug-likeness (QED) is 0.778. The average molecular weight is 328 g/mol. The summed E-state index contributed by atoms with van der Waals surface area (Å²) in [5, 5.41) is 0. The minimum absolute atomic E-state index is 0.0129. The number of likely N-dealkylation sites (tertiary alicyclic amines) is 1. The van der Waals surface area contributed by atoms with Gasteiger partial charge in [0.25, 0.3) is 0 Å². The summed E-state index contributed by atoms with van der Waals surface area (Å²) in [7, 11) is 1.57. The molecule has 0 spiro atoms. The van der Waals surface area contributed by atoms with Gasteiger partial charge in [0.1, 0.15) is 12.1 Å². The van der Waals surface area contributed by atoms with Crippen molar-refractivity contribution in [1.29, 1.82) is 0 Å². The topological polar surface area (TPSA) is 59.1 Å². The van der Waals surface area contributed by atoms with Crippen LogP contribution in [0, 0.1) is 5.92 Å². The molecule has 1 fully saturated rings. The van der Waals surface area contributed by atoms with Crippen LogP contribution in [0.15, 0.2) is 0 Å². The zero-order chi connectivity index (χ0) is 17.5. The van der Waals surface area contributed by atoms with Crippen LogP contribution in [0.3, 0.4) is 0 Å². The Morgan fingerprint density at radius 1 is 1.22 bits per heavy atom. The predicted molar refractivity (Wildman–Crippen MR) is 89.3 cm³/mol. The van der Waals surface area contributed by atoms with E-state index in [1.54, 1.807) is 7.11 Å². The Kier molecular flexibility index (Phi) is 7.82. The molecule has 2 amide bonds. The highest BCUT2D eigenvalue weighted by Gasteiger charge is 2.26. The standard InChI is InChI=1S/C17H32N2O4/c1-14-7-6-9-18(10-8-14)15(20)13-19(11-12-22-5)16(21)23-17(2,3)4/h14H,6-13H2,1-5H3. The third kappa shape index (κ3) is 7.68. The van der Waals surface area contributed by atoms with E-state index in [4.69, 9.17) is 9.47 Å². The number of nitrogens with zero attached hydrogens (tertiary/aromatic N) is 2. The zero-order valence-corrected chi connectivity index (χ0v) is 15.3. The molecule has 0 aliphatic carbocycles. The number of methoxy groups -OCH3 is 1. The molecule has 0 aromatic carbocycles. The molecule has 0 N–H and O–H groups in total. The molecule has 1 saturated heterocycles. The van der Waals surface area contributed by atoms with Gasteiger partial charge in [-0.2, -0.15) is 0 Å². The molecule has 0 bridgehead atoms. The lowest BCUT2D eigenvalue weighted by atomic mass is 10.0. The maximum atomic E-state index is 12.5. The summed E-state index contributed by atoms with van der Waals surface area (Å²) in [5.41, 5.74) is -0.580. The monoisotopic (exact) mass is 328 g/mol. The van der Waals surface area contributed by atoms with E-state index < -0.39 is 11.7 Å². The number of hydrogen-bond acceptors (Lipinski definition) is 4. The summed E-state index contributed by atoms with van der Waals surface area (Å²) >= 11 is 0. The molecule has 134 valence electrons. The van der Waals surface area contributed by atoms with Crippen molar-refractivity contribution in [2.45, 2.75) is 52.6 Å². The molecule has 1 atom stereocenters. The van der Waals surface area contributed by atoms with Crippen molar-refractivity contribution in [2.75, 3.05) is 39.9 Å². The molecule has 0 aromatic heterocycles. The Balaban J connectivity index is 2.64. The van der Waals surface area contributed by atoms with Gasteiger partial charge in [-0.1, -0.05) is 6.92 Å². The summed E-state index contributed by atoms with van der Waals surface area (Å²) in [6.07, 6.45) is 2.74. The van der Waals surface area contributed by atoms with Crippen LogP contribution in [0.5, 0.6) is 0 Å². The molecular weight excluding hydrogens is 296 g/mol. The fraction of sp³-hybridized carbons (Fsp3) is 0.882. The first-order valence-corrected chi connectivity index (χ1v) is 8.47. The molecule has 1 heterocycles. The highest BCUT2D eigenvalue weighted by atomic mass is 16.6. The molecule has 1 aliphatic heterocycles. The van der Waals surface area contributed by atoms with Crippen molar-refractivity contribution in [2.24, 2.45) is 5.92 Å². The van der Waals surface area contributed by atoms with E-state index in [0.717, 1.165) is 32.4 Å². The Hall–Kier alpha value is -1.30. The first-order chi connectivity index (χ1) is 10.7. The Morgan fingerprint density at radius 2 is 1.91 bits per heavy atom. The van der Waals surface area contributed by atoms with E-state index in [0.29, 0.717) is 19.1 Å². The Morgan fingerprint density at radius 3 is 2.52 bits per heavy atom. The van der Waals surface area contributed by atoms with E-state index in [1.807, 2.05) is 25.7 Å². The fourth-order valence-corrected chi connectivity index (χ4v) is 2.54. The van der Waals surface area contributed by atoms with E-state index in [-0.39, 0.29) is 12.5 Å². The van der Waals surface area contributed by atoms with Crippen molar-refractivity contribution >= 4 is 12.0 Å². The van der Waals surface area contributed by atoms with Gasteiger partial charge in [0.05, 0.1) is 6.61 Å². The lowest BCUT2D eigenvalue weighted by Gasteiger charge is -2.29. The van der Waals surface area contributed by atoms with E-state index >= 15 is 0 Å². The van der Waals surface area contributed by atoms with Gasteiger partial charge in [-0.05, 0) is 46.0 Å². The Bertz CT molecular complexity index is 393. The van der Waals surface area contributed by atoms with Crippen molar-refractivity contribution in [3.05, 3.63) is 0 Å². The number of carbonyl (C=O) groups is 2. The van der Waals surface area contributed by atoms with Gasteiger partial charge >= 0.3 is 6.09 Å². The van der Waals surface area contributed by atoms with Gasteiger partial charge in [0.2, 0.25) is 5.91 Å². The van der Waals surface area contributed by atoms with Crippen LogP contribution in [0.25, 0.3) is 0 Å². The van der Waals surface area contributed by atoms with Crippen LogP contribution >= 0.6 is 0 Å². The van der Waals surface area contributed by atoms with Gasteiger partial charge in [0.15, 0.2) is 0 Å². The Labute approximate surface area is 140 Å². The van der Waals surface area contributed by atoms with Gasteiger partial charge in [-0.3, -0.25) is 9.69 Å². The van der Waals surface area contributed by atoms with Crippen LogP contribution in [-0.4, -0.2) is 67.3 Å². The van der Waals surface area contributed by atoms with Crippen LogP contribution in [-0.2, 0) is 14.3 Å². The third-order valence-electron chi connectivity index (χ3n) is 3.91. The van der Waals surface area contributed by atoms with Crippen molar-refractivity contribution in [1.82, 2.24) is 9.80 Å². The first kappa shape index (κ1) is 19.7. The van der Waals surface area contributed by atoms with E-state index in [2.05, 4.69) is 6.92 Å². The molecule has 23 heavy (non-hydrogen) atoms. The third-order valence-corrected chi connectivity index (χ3v) is 3.91. The lowest BCUT2D eigenvalue weighted by molar-refractivity contribution is -0.132. The zero-order valence-electron chi connectivity index (χ0n) is 15.3. The van der Waals surface area contributed by atoms with E-state index in [1.165, 1.54) is 4.90 Å². The number of hydrogen-bond donors (Lipinski definition) is 0. The predicted octanol–water partition coefficient (Wildman–Crippen LogP) is 2.52. The molecule has 0 radical (unpaired) electrons. The fourth-order valence-electron chi connectivity index (χ4n) is 2.54. The van der Waals surface area contributed by atoms with Crippen LogP contribution in [0.2, 0.25) is 0 Å². The molecular formula is C17H32N2O4. The molecule has 1 unspecified atom stereocenters. The normalized spacial score (nSPS) is 19.2. The second-order valence-electron chi connectivity index (χ2n) is 7.31. The highest BCUT2D eigenvalue weighted by Crippen LogP contribution is 2.17. The van der Waals surface area contributed by atoms with Crippen LogP contribution < -0.4 is 0 Å².